The lowest BCUT2D eigenvalue weighted by Gasteiger charge is -2.28. The molecule has 0 spiro atoms. The van der Waals surface area contributed by atoms with E-state index in [9.17, 15) is 8.42 Å². The van der Waals surface area contributed by atoms with Gasteiger partial charge in [-0.2, -0.15) is 5.10 Å². The van der Waals surface area contributed by atoms with Crippen LogP contribution in [0.3, 0.4) is 0 Å². The molecule has 7 nitrogen and oxygen atoms in total. The van der Waals surface area contributed by atoms with E-state index in [-0.39, 0.29) is 10.4 Å². The second kappa shape index (κ2) is 7.65. The van der Waals surface area contributed by atoms with Crippen molar-refractivity contribution in [2.45, 2.75) is 29.8 Å². The van der Waals surface area contributed by atoms with Crippen molar-refractivity contribution in [2.24, 2.45) is 0 Å². The van der Waals surface area contributed by atoms with Gasteiger partial charge in [0, 0.05) is 19.9 Å². The van der Waals surface area contributed by atoms with E-state index >= 15 is 0 Å². The summed E-state index contributed by atoms with van der Waals surface area (Å²) in [4.78, 5) is 0.175. The molecule has 0 aliphatic carbocycles. The minimum absolute atomic E-state index is 0.175. The number of nitrogens with zero attached hydrogens (tertiary/aromatic N) is 2. The van der Waals surface area contributed by atoms with Crippen LogP contribution in [-0.2, 0) is 21.3 Å². The van der Waals surface area contributed by atoms with Crippen LogP contribution in [0, 0.1) is 0 Å². The van der Waals surface area contributed by atoms with Crippen molar-refractivity contribution in [3.8, 4) is 0 Å². The average Bonchev–Trinajstić information content (AvgIpc) is 3.25. The number of sulfonamides is 1. The highest BCUT2D eigenvalue weighted by molar-refractivity contribution is 7.89. The summed E-state index contributed by atoms with van der Waals surface area (Å²) in [6, 6.07) is 9.80. The molecule has 1 atom stereocenters. The van der Waals surface area contributed by atoms with Gasteiger partial charge in [-0.05, 0) is 24.9 Å². The Morgan fingerprint density at radius 3 is 2.84 bits per heavy atom. The van der Waals surface area contributed by atoms with Crippen LogP contribution >= 0.6 is 0 Å². The van der Waals surface area contributed by atoms with Crippen molar-refractivity contribution in [3.63, 3.8) is 0 Å². The Labute approximate surface area is 148 Å². The minimum Gasteiger partial charge on any atom is -0.383 e. The summed E-state index contributed by atoms with van der Waals surface area (Å²) in [5.74, 6) is 0. The summed E-state index contributed by atoms with van der Waals surface area (Å²) in [6.45, 7) is 2.18. The number of nitrogens with one attached hydrogen (secondary N) is 2. The van der Waals surface area contributed by atoms with E-state index in [4.69, 9.17) is 4.74 Å². The summed E-state index contributed by atoms with van der Waals surface area (Å²) in [5.41, 5.74) is 0.735. The van der Waals surface area contributed by atoms with Crippen molar-refractivity contribution in [1.82, 2.24) is 19.8 Å². The number of ether oxygens (including phenoxy) is 1. The first-order valence-electron chi connectivity index (χ1n) is 8.33. The zero-order valence-corrected chi connectivity index (χ0v) is 15.1. The Hall–Kier alpha value is -1.74. The van der Waals surface area contributed by atoms with Gasteiger partial charge in [-0.25, -0.2) is 13.1 Å². The van der Waals surface area contributed by atoms with E-state index < -0.39 is 10.0 Å². The van der Waals surface area contributed by atoms with Crippen molar-refractivity contribution >= 4 is 10.0 Å². The molecule has 0 saturated carbocycles. The summed E-state index contributed by atoms with van der Waals surface area (Å²) < 4.78 is 34.7. The molecule has 1 unspecified atom stereocenters. The standard InChI is InChI=1S/C17H24N4O3S/c1-24-14-17(8-5-9-18-17)13-20-25(22,23)16-10-19-21(12-16)11-15-6-3-2-4-7-15/h2-4,6-7,10,12,18,20H,5,8-9,11,13-14H2,1H3. The van der Waals surface area contributed by atoms with Gasteiger partial charge in [-0.1, -0.05) is 30.3 Å². The maximum absolute atomic E-state index is 12.6. The van der Waals surface area contributed by atoms with Crippen LogP contribution in [0.25, 0.3) is 0 Å². The maximum atomic E-state index is 12.6. The molecule has 0 bridgehead atoms. The normalized spacial score (nSPS) is 20.8. The van der Waals surface area contributed by atoms with Crippen molar-refractivity contribution in [2.75, 3.05) is 26.8 Å². The smallest absolute Gasteiger partial charge is 0.243 e. The first-order chi connectivity index (χ1) is 12.0. The molecule has 2 heterocycles. The number of methoxy groups -OCH3 is 1. The molecule has 1 fully saturated rings. The van der Waals surface area contributed by atoms with E-state index in [0.717, 1.165) is 24.9 Å². The van der Waals surface area contributed by atoms with E-state index in [1.807, 2.05) is 30.3 Å². The highest BCUT2D eigenvalue weighted by Crippen LogP contribution is 2.20. The fraction of sp³-hybridized carbons (Fsp3) is 0.471. The highest BCUT2D eigenvalue weighted by atomic mass is 32.2. The van der Waals surface area contributed by atoms with Gasteiger partial charge in [0.05, 0.1) is 24.9 Å². The molecule has 25 heavy (non-hydrogen) atoms. The molecule has 3 rings (SSSR count). The van der Waals surface area contributed by atoms with E-state index in [2.05, 4.69) is 15.1 Å². The zero-order chi connectivity index (χ0) is 17.8. The van der Waals surface area contributed by atoms with Crippen LogP contribution in [0.1, 0.15) is 18.4 Å². The first-order valence-corrected chi connectivity index (χ1v) is 9.81. The Bertz CT molecular complexity index is 783. The number of benzene rings is 1. The molecule has 1 aliphatic heterocycles. The molecule has 1 saturated heterocycles. The quantitative estimate of drug-likeness (QED) is 0.729. The minimum atomic E-state index is -3.60. The molecule has 0 amide bonds. The molecule has 2 aromatic rings. The summed E-state index contributed by atoms with van der Waals surface area (Å²) in [6.07, 6.45) is 4.84. The van der Waals surface area contributed by atoms with Crippen molar-refractivity contribution in [3.05, 3.63) is 48.3 Å². The SMILES string of the molecule is COCC1(CNS(=O)(=O)c2cnn(Cc3ccccc3)c2)CCCN1. The lowest BCUT2D eigenvalue weighted by molar-refractivity contribution is 0.122. The van der Waals surface area contributed by atoms with Gasteiger partial charge in [-0.3, -0.25) is 4.68 Å². The van der Waals surface area contributed by atoms with E-state index in [1.165, 1.54) is 6.20 Å². The van der Waals surface area contributed by atoms with Crippen LogP contribution in [-0.4, -0.2) is 50.5 Å². The summed E-state index contributed by atoms with van der Waals surface area (Å²) in [5, 5.41) is 7.53. The molecular formula is C17H24N4O3S. The second-order valence-corrected chi connectivity index (χ2v) is 8.19. The van der Waals surface area contributed by atoms with E-state index in [1.54, 1.807) is 18.0 Å². The lowest BCUT2D eigenvalue weighted by atomic mass is 9.99. The molecule has 1 aliphatic rings. The van der Waals surface area contributed by atoms with Crippen LogP contribution in [0.2, 0.25) is 0 Å². The Balaban J connectivity index is 1.66. The van der Waals surface area contributed by atoms with Crippen LogP contribution in [0.15, 0.2) is 47.6 Å². The van der Waals surface area contributed by atoms with Crippen LogP contribution < -0.4 is 10.0 Å². The number of hydrogen-bond acceptors (Lipinski definition) is 5. The Morgan fingerprint density at radius 2 is 2.16 bits per heavy atom. The number of rotatable bonds is 8. The summed E-state index contributed by atoms with van der Waals surface area (Å²) in [7, 11) is -1.98. The fourth-order valence-electron chi connectivity index (χ4n) is 3.13. The van der Waals surface area contributed by atoms with Gasteiger partial charge in [0.1, 0.15) is 4.90 Å². The highest BCUT2D eigenvalue weighted by Gasteiger charge is 2.35. The number of hydrogen-bond donors (Lipinski definition) is 2. The maximum Gasteiger partial charge on any atom is 0.243 e. The monoisotopic (exact) mass is 364 g/mol. The van der Waals surface area contributed by atoms with Crippen molar-refractivity contribution in [1.29, 1.82) is 0 Å². The Kier molecular flexibility index (Phi) is 5.53. The number of aromatic nitrogens is 2. The fourth-order valence-corrected chi connectivity index (χ4v) is 4.21. The van der Waals surface area contributed by atoms with Gasteiger partial charge in [-0.15, -0.1) is 0 Å². The molecule has 1 aromatic carbocycles. The molecule has 136 valence electrons. The van der Waals surface area contributed by atoms with Crippen LogP contribution in [0.4, 0.5) is 0 Å². The third kappa shape index (κ3) is 4.46. The van der Waals surface area contributed by atoms with Gasteiger partial charge < -0.3 is 10.1 Å². The molecule has 2 N–H and O–H groups in total. The third-order valence-corrected chi connectivity index (χ3v) is 5.82. The van der Waals surface area contributed by atoms with Gasteiger partial charge in [0.2, 0.25) is 10.0 Å². The van der Waals surface area contributed by atoms with Gasteiger partial charge in [0.15, 0.2) is 0 Å². The Morgan fingerprint density at radius 1 is 1.36 bits per heavy atom. The molecule has 8 heteroatoms. The molecular weight excluding hydrogens is 340 g/mol. The lowest BCUT2D eigenvalue weighted by Crippen LogP contribution is -2.52. The van der Waals surface area contributed by atoms with Gasteiger partial charge in [0.25, 0.3) is 0 Å². The first kappa shape index (κ1) is 18.1. The third-order valence-electron chi connectivity index (χ3n) is 4.46. The second-order valence-electron chi connectivity index (χ2n) is 6.43. The predicted molar refractivity (Wildman–Crippen MR) is 94.8 cm³/mol. The van der Waals surface area contributed by atoms with E-state index in [0.29, 0.717) is 19.7 Å². The largest absolute Gasteiger partial charge is 0.383 e. The predicted octanol–water partition coefficient (Wildman–Crippen LogP) is 0.978. The average molecular weight is 364 g/mol. The molecule has 0 radical (unpaired) electrons. The topological polar surface area (TPSA) is 85.2 Å². The van der Waals surface area contributed by atoms with Crippen LogP contribution in [0.5, 0.6) is 0 Å². The summed E-state index contributed by atoms with van der Waals surface area (Å²) >= 11 is 0. The van der Waals surface area contributed by atoms with Crippen molar-refractivity contribution < 1.29 is 13.2 Å². The zero-order valence-electron chi connectivity index (χ0n) is 14.3. The van der Waals surface area contributed by atoms with Gasteiger partial charge >= 0.3 is 0 Å². The molecule has 1 aromatic heterocycles.